The average Bonchev–Trinajstić information content (AvgIpc) is 2.54. The van der Waals surface area contributed by atoms with E-state index >= 15 is 0 Å². The molecule has 0 saturated carbocycles. The van der Waals surface area contributed by atoms with Gasteiger partial charge in [-0.2, -0.15) is 0 Å². The van der Waals surface area contributed by atoms with Crippen LogP contribution in [-0.2, 0) is 0 Å². The second-order valence-electron chi connectivity index (χ2n) is 4.50. The van der Waals surface area contributed by atoms with Gasteiger partial charge in [-0.3, -0.25) is 15.5 Å². The van der Waals surface area contributed by atoms with Gasteiger partial charge in [-0.15, -0.1) is 0 Å². The molecule has 1 aromatic carbocycles. The Balaban J connectivity index is 2.36. The third-order valence-corrected chi connectivity index (χ3v) is 2.98. The van der Waals surface area contributed by atoms with Crippen LogP contribution in [-0.4, -0.2) is 29.4 Å². The molecule has 0 aliphatic rings. The van der Waals surface area contributed by atoms with E-state index in [1.807, 2.05) is 11.5 Å². The van der Waals surface area contributed by atoms with Gasteiger partial charge in [0.25, 0.3) is 5.91 Å². The Labute approximate surface area is 126 Å². The first kappa shape index (κ1) is 15.7. The molecule has 2 aromatic rings. The van der Waals surface area contributed by atoms with Gasteiger partial charge in [-0.25, -0.2) is 4.79 Å². The van der Waals surface area contributed by atoms with E-state index in [1.54, 1.807) is 24.3 Å². The summed E-state index contributed by atoms with van der Waals surface area (Å²) in [6.45, 7) is 0.132. The van der Waals surface area contributed by atoms with Gasteiger partial charge in [-0.1, -0.05) is 30.3 Å². The SMILES string of the molecule is O=C(NCCCO)c1c(NO)cc(-c2ccccc2)oc1=O. The zero-order valence-corrected chi connectivity index (χ0v) is 11.7. The van der Waals surface area contributed by atoms with Gasteiger partial charge in [0.05, 0.1) is 5.69 Å². The molecule has 1 amide bonds. The number of hydrogen-bond acceptors (Lipinski definition) is 6. The second-order valence-corrected chi connectivity index (χ2v) is 4.50. The highest BCUT2D eigenvalue weighted by Crippen LogP contribution is 2.22. The Morgan fingerprint density at radius 1 is 1.23 bits per heavy atom. The number of carbonyl (C=O) groups excluding carboxylic acids is 1. The van der Waals surface area contributed by atoms with Crippen molar-refractivity contribution in [2.24, 2.45) is 0 Å². The molecule has 116 valence electrons. The quantitative estimate of drug-likeness (QED) is 0.471. The third-order valence-electron chi connectivity index (χ3n) is 2.98. The van der Waals surface area contributed by atoms with Crippen molar-refractivity contribution in [1.29, 1.82) is 0 Å². The van der Waals surface area contributed by atoms with Gasteiger partial charge in [0.2, 0.25) is 0 Å². The summed E-state index contributed by atoms with van der Waals surface area (Å²) >= 11 is 0. The van der Waals surface area contributed by atoms with Crippen LogP contribution in [0.3, 0.4) is 0 Å². The van der Waals surface area contributed by atoms with Gasteiger partial charge in [-0.05, 0) is 6.42 Å². The van der Waals surface area contributed by atoms with E-state index in [1.165, 1.54) is 6.07 Å². The standard InChI is InChI=1S/C15H16N2O5/c18-8-4-7-16-14(19)13-11(17-21)9-12(22-15(13)20)10-5-2-1-3-6-10/h1-3,5-6,9,17-18,21H,4,7-8H2,(H,16,19). The van der Waals surface area contributed by atoms with E-state index in [2.05, 4.69) is 5.32 Å². The first-order chi connectivity index (χ1) is 10.7. The van der Waals surface area contributed by atoms with Crippen LogP contribution in [0.4, 0.5) is 5.69 Å². The average molecular weight is 304 g/mol. The topological polar surface area (TPSA) is 112 Å². The van der Waals surface area contributed by atoms with Gasteiger partial charge < -0.3 is 14.8 Å². The Kier molecular flexibility index (Phi) is 5.29. The first-order valence-corrected chi connectivity index (χ1v) is 6.70. The highest BCUT2D eigenvalue weighted by molar-refractivity contribution is 5.99. The van der Waals surface area contributed by atoms with E-state index in [-0.39, 0.29) is 30.2 Å². The van der Waals surface area contributed by atoms with E-state index in [0.717, 1.165) is 0 Å². The predicted octanol–water partition coefficient (Wildman–Crippen LogP) is 1.22. The van der Waals surface area contributed by atoms with Crippen molar-refractivity contribution in [2.45, 2.75) is 6.42 Å². The largest absolute Gasteiger partial charge is 0.422 e. The molecule has 0 unspecified atom stereocenters. The van der Waals surface area contributed by atoms with Crippen molar-refractivity contribution in [3.8, 4) is 11.3 Å². The molecule has 7 nitrogen and oxygen atoms in total. The summed E-state index contributed by atoms with van der Waals surface area (Å²) in [5, 5.41) is 20.3. The second kappa shape index (κ2) is 7.39. The van der Waals surface area contributed by atoms with Crippen molar-refractivity contribution in [2.75, 3.05) is 18.6 Å². The fraction of sp³-hybridized carbons (Fsp3) is 0.200. The van der Waals surface area contributed by atoms with Crippen molar-refractivity contribution in [3.05, 3.63) is 52.4 Å². The van der Waals surface area contributed by atoms with Crippen molar-refractivity contribution < 1.29 is 19.5 Å². The minimum absolute atomic E-state index is 0.0448. The summed E-state index contributed by atoms with van der Waals surface area (Å²) < 4.78 is 5.15. The maximum Gasteiger partial charge on any atom is 0.351 e. The van der Waals surface area contributed by atoms with E-state index < -0.39 is 11.5 Å². The molecule has 2 rings (SSSR count). The monoisotopic (exact) mass is 304 g/mol. The van der Waals surface area contributed by atoms with Crippen LogP contribution in [0.15, 0.2) is 45.6 Å². The van der Waals surface area contributed by atoms with Crippen LogP contribution < -0.4 is 16.4 Å². The Morgan fingerprint density at radius 2 is 1.95 bits per heavy atom. The fourth-order valence-corrected chi connectivity index (χ4v) is 1.91. The van der Waals surface area contributed by atoms with Gasteiger partial charge in [0.1, 0.15) is 5.76 Å². The molecule has 22 heavy (non-hydrogen) atoms. The molecule has 4 N–H and O–H groups in total. The van der Waals surface area contributed by atoms with Crippen LogP contribution in [0.5, 0.6) is 0 Å². The van der Waals surface area contributed by atoms with Crippen LogP contribution in [0.1, 0.15) is 16.8 Å². The maximum atomic E-state index is 12.0. The predicted molar refractivity (Wildman–Crippen MR) is 79.9 cm³/mol. The van der Waals surface area contributed by atoms with Crippen molar-refractivity contribution >= 4 is 11.6 Å². The Bertz CT molecular complexity index is 697. The molecule has 0 aliphatic carbocycles. The Morgan fingerprint density at radius 3 is 2.59 bits per heavy atom. The van der Waals surface area contributed by atoms with Crippen LogP contribution >= 0.6 is 0 Å². The van der Waals surface area contributed by atoms with Gasteiger partial charge >= 0.3 is 5.63 Å². The normalized spacial score (nSPS) is 10.3. The first-order valence-electron chi connectivity index (χ1n) is 6.70. The summed E-state index contributed by atoms with van der Waals surface area (Å²) in [5.41, 5.74) is 1.26. The molecule has 0 aliphatic heterocycles. The number of benzene rings is 1. The molecular formula is C15H16N2O5. The lowest BCUT2D eigenvalue weighted by Crippen LogP contribution is -2.30. The summed E-state index contributed by atoms with van der Waals surface area (Å²) in [4.78, 5) is 24.0. The van der Waals surface area contributed by atoms with E-state index in [0.29, 0.717) is 12.0 Å². The lowest BCUT2D eigenvalue weighted by molar-refractivity contribution is 0.0947. The fourth-order valence-electron chi connectivity index (χ4n) is 1.91. The number of anilines is 1. The zero-order chi connectivity index (χ0) is 15.9. The molecule has 0 spiro atoms. The number of aliphatic hydroxyl groups is 1. The molecule has 0 fully saturated rings. The summed E-state index contributed by atoms with van der Waals surface area (Å²) in [6.07, 6.45) is 0.362. The smallest absolute Gasteiger partial charge is 0.351 e. The minimum atomic E-state index is -0.862. The summed E-state index contributed by atoms with van der Waals surface area (Å²) in [5.74, 6) is -0.451. The summed E-state index contributed by atoms with van der Waals surface area (Å²) in [6, 6.07) is 10.2. The molecule has 0 bridgehead atoms. The van der Waals surface area contributed by atoms with Crippen LogP contribution in [0.25, 0.3) is 11.3 Å². The highest BCUT2D eigenvalue weighted by Gasteiger charge is 2.19. The number of aliphatic hydroxyl groups excluding tert-OH is 1. The molecule has 0 radical (unpaired) electrons. The van der Waals surface area contributed by atoms with Crippen molar-refractivity contribution in [3.63, 3.8) is 0 Å². The van der Waals surface area contributed by atoms with Gasteiger partial charge in [0.15, 0.2) is 5.56 Å². The molecule has 1 heterocycles. The molecule has 0 atom stereocenters. The molecule has 0 saturated heterocycles. The third kappa shape index (κ3) is 3.51. The number of nitrogens with one attached hydrogen (secondary N) is 2. The maximum absolute atomic E-state index is 12.0. The number of carbonyl (C=O) groups is 1. The number of amides is 1. The van der Waals surface area contributed by atoms with Gasteiger partial charge in [0, 0.05) is 24.8 Å². The highest BCUT2D eigenvalue weighted by atomic mass is 16.5. The van der Waals surface area contributed by atoms with E-state index in [4.69, 9.17) is 9.52 Å². The van der Waals surface area contributed by atoms with Crippen LogP contribution in [0, 0.1) is 0 Å². The molecule has 7 heteroatoms. The zero-order valence-electron chi connectivity index (χ0n) is 11.7. The number of hydrogen-bond donors (Lipinski definition) is 4. The lowest BCUT2D eigenvalue weighted by atomic mass is 10.1. The van der Waals surface area contributed by atoms with E-state index in [9.17, 15) is 14.8 Å². The summed E-state index contributed by atoms with van der Waals surface area (Å²) in [7, 11) is 0. The Hall–Kier alpha value is -2.64. The van der Waals surface area contributed by atoms with Crippen LogP contribution in [0.2, 0.25) is 0 Å². The number of rotatable bonds is 6. The molecular weight excluding hydrogens is 288 g/mol. The minimum Gasteiger partial charge on any atom is -0.422 e. The lowest BCUT2D eigenvalue weighted by Gasteiger charge is -2.09. The molecule has 1 aromatic heterocycles. The van der Waals surface area contributed by atoms with Crippen molar-refractivity contribution in [1.82, 2.24) is 5.32 Å².